The number of thiophene rings is 1. The van der Waals surface area contributed by atoms with Crippen molar-refractivity contribution in [2.24, 2.45) is 5.10 Å². The van der Waals surface area contributed by atoms with Gasteiger partial charge in [-0.05, 0) is 34.6 Å². The fourth-order valence-electron chi connectivity index (χ4n) is 2.47. The van der Waals surface area contributed by atoms with E-state index in [1.54, 1.807) is 6.21 Å². The third-order valence-electron chi connectivity index (χ3n) is 3.89. The molecule has 2 heterocycles. The molecule has 0 amide bonds. The summed E-state index contributed by atoms with van der Waals surface area (Å²) in [6.07, 6.45) is 1.69. The first-order chi connectivity index (χ1) is 12.0. The quantitative estimate of drug-likeness (QED) is 0.541. The van der Waals surface area contributed by atoms with E-state index in [9.17, 15) is 4.79 Å². The van der Waals surface area contributed by atoms with Gasteiger partial charge >= 0.3 is 0 Å². The second kappa shape index (κ2) is 7.06. The van der Waals surface area contributed by atoms with Crippen LogP contribution in [0.15, 0.2) is 39.5 Å². The molecule has 2 aromatic heterocycles. The number of hydrogen-bond donors (Lipinski definition) is 2. The van der Waals surface area contributed by atoms with Gasteiger partial charge in [0.05, 0.1) is 11.6 Å². The average molecular weight is 355 g/mol. The lowest BCUT2D eigenvalue weighted by atomic mass is 10.0. The standard InChI is InChI=1S/C18H21N5OS/c1-11(2)14-10-25-17-15(14)16(24)20-18(21-17)22-19-9-12-5-7-13(8-6-12)23(3)4/h5-11H,1-4H3,(H2,20,21,22,24). The summed E-state index contributed by atoms with van der Waals surface area (Å²) in [4.78, 5) is 22.3. The van der Waals surface area contributed by atoms with Crippen LogP contribution in [-0.2, 0) is 0 Å². The summed E-state index contributed by atoms with van der Waals surface area (Å²) in [6.45, 7) is 4.14. The molecule has 0 aliphatic rings. The van der Waals surface area contributed by atoms with Crippen LogP contribution in [0.5, 0.6) is 0 Å². The molecule has 0 saturated heterocycles. The van der Waals surface area contributed by atoms with Gasteiger partial charge in [-0.15, -0.1) is 11.3 Å². The highest BCUT2D eigenvalue weighted by molar-refractivity contribution is 7.16. The van der Waals surface area contributed by atoms with Crippen LogP contribution in [0, 0.1) is 0 Å². The van der Waals surface area contributed by atoms with E-state index in [0.717, 1.165) is 21.6 Å². The molecule has 25 heavy (non-hydrogen) atoms. The SMILES string of the molecule is CC(C)c1csc2nc(NN=Cc3ccc(N(C)C)cc3)[nH]c(=O)c12. The summed E-state index contributed by atoms with van der Waals surface area (Å²) < 4.78 is 0. The molecule has 0 fully saturated rings. The number of benzene rings is 1. The second-order valence-corrected chi connectivity index (χ2v) is 7.15. The summed E-state index contributed by atoms with van der Waals surface area (Å²) in [5, 5.41) is 6.83. The van der Waals surface area contributed by atoms with E-state index in [0.29, 0.717) is 17.3 Å². The number of H-pyrrole nitrogens is 1. The van der Waals surface area contributed by atoms with Crippen molar-refractivity contribution < 1.29 is 0 Å². The van der Waals surface area contributed by atoms with Gasteiger partial charge in [0.15, 0.2) is 0 Å². The lowest BCUT2D eigenvalue weighted by Gasteiger charge is -2.11. The zero-order valence-corrected chi connectivity index (χ0v) is 15.5. The fraction of sp³-hybridized carbons (Fsp3) is 0.278. The lowest BCUT2D eigenvalue weighted by molar-refractivity contribution is 0.878. The lowest BCUT2D eigenvalue weighted by Crippen LogP contribution is -2.11. The van der Waals surface area contributed by atoms with Gasteiger partial charge in [0.25, 0.3) is 5.56 Å². The van der Waals surface area contributed by atoms with Crippen LogP contribution in [0.1, 0.15) is 30.9 Å². The highest BCUT2D eigenvalue weighted by Crippen LogP contribution is 2.27. The summed E-state index contributed by atoms with van der Waals surface area (Å²) in [5.74, 6) is 0.634. The highest BCUT2D eigenvalue weighted by Gasteiger charge is 2.13. The Kier molecular flexibility index (Phi) is 4.85. The van der Waals surface area contributed by atoms with Crippen LogP contribution in [0.3, 0.4) is 0 Å². The van der Waals surface area contributed by atoms with Crippen molar-refractivity contribution in [3.8, 4) is 0 Å². The molecule has 6 nitrogen and oxygen atoms in total. The van der Waals surface area contributed by atoms with E-state index in [2.05, 4.69) is 34.3 Å². The minimum absolute atomic E-state index is 0.136. The maximum absolute atomic E-state index is 12.3. The molecular weight excluding hydrogens is 334 g/mol. The van der Waals surface area contributed by atoms with Gasteiger partial charge in [0.2, 0.25) is 5.95 Å². The molecule has 0 saturated carbocycles. The van der Waals surface area contributed by atoms with Gasteiger partial charge in [-0.25, -0.2) is 10.4 Å². The molecule has 3 rings (SSSR count). The Morgan fingerprint density at radius 2 is 2.00 bits per heavy atom. The van der Waals surface area contributed by atoms with Gasteiger partial charge in [-0.1, -0.05) is 26.0 Å². The number of aromatic amines is 1. The number of nitrogens with zero attached hydrogens (tertiary/aromatic N) is 3. The summed E-state index contributed by atoms with van der Waals surface area (Å²) in [7, 11) is 4.00. The van der Waals surface area contributed by atoms with Crippen molar-refractivity contribution in [3.05, 3.63) is 51.1 Å². The molecule has 0 atom stereocenters. The van der Waals surface area contributed by atoms with Crippen molar-refractivity contribution in [2.75, 3.05) is 24.4 Å². The summed E-state index contributed by atoms with van der Waals surface area (Å²) in [5.41, 5.74) is 5.78. The number of rotatable bonds is 5. The number of hydrogen-bond acceptors (Lipinski definition) is 6. The van der Waals surface area contributed by atoms with Crippen molar-refractivity contribution >= 4 is 39.4 Å². The first-order valence-electron chi connectivity index (χ1n) is 8.03. The van der Waals surface area contributed by atoms with E-state index in [4.69, 9.17) is 0 Å². The van der Waals surface area contributed by atoms with Crippen LogP contribution >= 0.6 is 11.3 Å². The Morgan fingerprint density at radius 1 is 1.28 bits per heavy atom. The average Bonchev–Trinajstić information content (AvgIpc) is 3.00. The van der Waals surface area contributed by atoms with Crippen LogP contribution in [0.25, 0.3) is 10.2 Å². The molecule has 0 aliphatic heterocycles. The zero-order chi connectivity index (χ0) is 18.0. The molecular formula is C18H21N5OS. The molecule has 130 valence electrons. The Balaban J connectivity index is 1.78. The molecule has 3 aromatic rings. The van der Waals surface area contributed by atoms with E-state index >= 15 is 0 Å². The predicted octanol–water partition coefficient (Wildman–Crippen LogP) is 3.62. The maximum atomic E-state index is 12.3. The van der Waals surface area contributed by atoms with E-state index < -0.39 is 0 Å². The number of aromatic nitrogens is 2. The van der Waals surface area contributed by atoms with E-state index in [-0.39, 0.29) is 5.56 Å². The molecule has 0 bridgehead atoms. The minimum atomic E-state index is -0.136. The molecule has 0 unspecified atom stereocenters. The molecule has 0 spiro atoms. The third kappa shape index (κ3) is 3.71. The van der Waals surface area contributed by atoms with Crippen molar-refractivity contribution in [1.29, 1.82) is 0 Å². The van der Waals surface area contributed by atoms with Crippen LogP contribution < -0.4 is 15.9 Å². The Bertz CT molecular complexity index is 954. The summed E-state index contributed by atoms with van der Waals surface area (Å²) >= 11 is 1.48. The third-order valence-corrected chi connectivity index (χ3v) is 4.78. The zero-order valence-electron chi connectivity index (χ0n) is 14.7. The normalized spacial score (nSPS) is 11.6. The fourth-order valence-corrected chi connectivity index (χ4v) is 3.58. The van der Waals surface area contributed by atoms with E-state index in [1.807, 2.05) is 48.6 Å². The van der Waals surface area contributed by atoms with Crippen LogP contribution in [-0.4, -0.2) is 30.3 Å². The molecule has 0 aliphatic carbocycles. The van der Waals surface area contributed by atoms with Gasteiger partial charge in [0, 0.05) is 19.8 Å². The van der Waals surface area contributed by atoms with Gasteiger partial charge in [0.1, 0.15) is 4.83 Å². The number of nitrogens with one attached hydrogen (secondary N) is 2. The number of hydrazone groups is 1. The molecule has 2 N–H and O–H groups in total. The first kappa shape index (κ1) is 17.2. The highest BCUT2D eigenvalue weighted by atomic mass is 32.1. The van der Waals surface area contributed by atoms with Gasteiger partial charge in [-0.2, -0.15) is 5.10 Å². The minimum Gasteiger partial charge on any atom is -0.378 e. The Labute approximate surface area is 150 Å². The van der Waals surface area contributed by atoms with Crippen LogP contribution in [0.2, 0.25) is 0 Å². The van der Waals surface area contributed by atoms with Crippen LogP contribution in [0.4, 0.5) is 11.6 Å². The molecule has 0 radical (unpaired) electrons. The van der Waals surface area contributed by atoms with Gasteiger partial charge in [-0.3, -0.25) is 9.78 Å². The van der Waals surface area contributed by atoms with Crippen molar-refractivity contribution in [2.45, 2.75) is 19.8 Å². The van der Waals surface area contributed by atoms with Gasteiger partial charge < -0.3 is 4.90 Å². The topological polar surface area (TPSA) is 73.4 Å². The second-order valence-electron chi connectivity index (χ2n) is 6.30. The largest absolute Gasteiger partial charge is 0.378 e. The Hall–Kier alpha value is -2.67. The summed E-state index contributed by atoms with van der Waals surface area (Å²) in [6, 6.07) is 8.00. The molecule has 7 heteroatoms. The first-order valence-corrected chi connectivity index (χ1v) is 8.91. The monoisotopic (exact) mass is 355 g/mol. The Morgan fingerprint density at radius 3 is 2.64 bits per heavy atom. The maximum Gasteiger partial charge on any atom is 0.261 e. The van der Waals surface area contributed by atoms with E-state index in [1.165, 1.54) is 11.3 Å². The van der Waals surface area contributed by atoms with Crippen molar-refractivity contribution in [1.82, 2.24) is 9.97 Å². The van der Waals surface area contributed by atoms with Crippen molar-refractivity contribution in [3.63, 3.8) is 0 Å². The molecule has 1 aromatic carbocycles. The predicted molar refractivity (Wildman–Crippen MR) is 106 cm³/mol. The smallest absolute Gasteiger partial charge is 0.261 e. The number of fused-ring (bicyclic) bond motifs is 1. The number of anilines is 2.